The van der Waals surface area contributed by atoms with Crippen LogP contribution < -0.4 is 5.32 Å². The van der Waals surface area contributed by atoms with E-state index in [1.807, 2.05) is 72.1 Å². The van der Waals surface area contributed by atoms with Gasteiger partial charge in [0.25, 0.3) is 5.91 Å². The number of thiazole rings is 1. The molecule has 0 radical (unpaired) electrons. The molecule has 0 bridgehead atoms. The summed E-state index contributed by atoms with van der Waals surface area (Å²) in [6.07, 6.45) is 3.54. The fourth-order valence-electron chi connectivity index (χ4n) is 2.67. The molecule has 1 aliphatic rings. The van der Waals surface area contributed by atoms with Crippen molar-refractivity contribution in [3.63, 3.8) is 0 Å². The van der Waals surface area contributed by atoms with Crippen molar-refractivity contribution in [1.82, 2.24) is 9.88 Å². The van der Waals surface area contributed by atoms with Gasteiger partial charge in [0, 0.05) is 17.1 Å². The number of amidine groups is 1. The molecule has 0 atom stereocenters. The highest BCUT2D eigenvalue weighted by Gasteiger charge is 2.30. The van der Waals surface area contributed by atoms with E-state index < -0.39 is 0 Å². The van der Waals surface area contributed by atoms with E-state index in [0.29, 0.717) is 18.2 Å². The molecule has 2 heterocycles. The van der Waals surface area contributed by atoms with Gasteiger partial charge in [-0.2, -0.15) is 0 Å². The third-order valence-corrected chi connectivity index (χ3v) is 4.63. The second kappa shape index (κ2) is 7.33. The van der Waals surface area contributed by atoms with Gasteiger partial charge in [-0.1, -0.05) is 60.7 Å². The molecule has 0 unspecified atom stereocenters. The number of hydrogen-bond donors (Lipinski definition) is 1. The summed E-state index contributed by atoms with van der Waals surface area (Å²) < 4.78 is 0. The van der Waals surface area contributed by atoms with Gasteiger partial charge in [-0.15, -0.1) is 11.3 Å². The number of amides is 1. The summed E-state index contributed by atoms with van der Waals surface area (Å²) in [5, 5.41) is 5.84. The molecule has 5 nitrogen and oxygen atoms in total. The third kappa shape index (κ3) is 3.41. The fourth-order valence-corrected chi connectivity index (χ4v) is 3.19. The monoisotopic (exact) mass is 360 g/mol. The first-order valence-corrected chi connectivity index (χ1v) is 9.05. The molecule has 3 aromatic rings. The molecule has 0 fully saturated rings. The summed E-state index contributed by atoms with van der Waals surface area (Å²) in [6, 6.07) is 19.5. The highest BCUT2D eigenvalue weighted by Crippen LogP contribution is 2.22. The van der Waals surface area contributed by atoms with Crippen LogP contribution in [0.5, 0.6) is 0 Å². The molecular weight excluding hydrogens is 344 g/mol. The fraction of sp³-hybridized carbons (Fsp3) is 0.0500. The first-order chi connectivity index (χ1) is 12.8. The summed E-state index contributed by atoms with van der Waals surface area (Å²) in [5.74, 6) is 0.513. The van der Waals surface area contributed by atoms with Crippen LogP contribution in [-0.4, -0.2) is 28.3 Å². The molecule has 1 amide bonds. The van der Waals surface area contributed by atoms with Crippen molar-refractivity contribution in [2.24, 2.45) is 4.99 Å². The van der Waals surface area contributed by atoms with Crippen LogP contribution in [0.4, 0.5) is 5.13 Å². The van der Waals surface area contributed by atoms with Crippen LogP contribution >= 0.6 is 11.3 Å². The maximum atomic E-state index is 12.9. The summed E-state index contributed by atoms with van der Waals surface area (Å²) >= 11 is 1.49. The molecule has 1 aromatic heterocycles. The Balaban J connectivity index is 1.66. The molecule has 0 saturated carbocycles. The Hall–Kier alpha value is -3.25. The lowest BCUT2D eigenvalue weighted by molar-refractivity contribution is -0.122. The molecule has 6 heteroatoms. The summed E-state index contributed by atoms with van der Waals surface area (Å²) in [6.45, 7) is 0.312. The Kier molecular flexibility index (Phi) is 4.57. The van der Waals surface area contributed by atoms with Crippen LogP contribution in [0.3, 0.4) is 0 Å². The van der Waals surface area contributed by atoms with Gasteiger partial charge in [-0.3, -0.25) is 9.69 Å². The molecule has 1 N–H and O–H groups in total. The van der Waals surface area contributed by atoms with Gasteiger partial charge in [0.05, 0.1) is 6.67 Å². The average Bonchev–Trinajstić information content (AvgIpc) is 3.31. The van der Waals surface area contributed by atoms with Crippen molar-refractivity contribution in [2.45, 2.75) is 0 Å². The number of hydrogen-bond acceptors (Lipinski definition) is 5. The number of aliphatic imine (C=N–C) groups is 1. The van der Waals surface area contributed by atoms with Gasteiger partial charge in [-0.25, -0.2) is 9.98 Å². The van der Waals surface area contributed by atoms with Gasteiger partial charge in [-0.05, 0) is 11.6 Å². The normalized spacial score (nSPS) is 15.4. The number of carbonyl (C=O) groups is 1. The molecule has 0 saturated heterocycles. The quantitative estimate of drug-likeness (QED) is 0.703. The Morgan fingerprint density at radius 2 is 1.77 bits per heavy atom. The highest BCUT2D eigenvalue weighted by molar-refractivity contribution is 7.13. The second-order valence-electron chi connectivity index (χ2n) is 5.65. The lowest BCUT2D eigenvalue weighted by Gasteiger charge is -2.18. The minimum absolute atomic E-state index is 0.128. The van der Waals surface area contributed by atoms with Gasteiger partial charge in [0.15, 0.2) is 5.13 Å². The Labute approximate surface area is 155 Å². The second-order valence-corrected chi connectivity index (χ2v) is 6.54. The van der Waals surface area contributed by atoms with Crippen LogP contribution in [0.25, 0.3) is 6.08 Å². The van der Waals surface area contributed by atoms with Crippen LogP contribution in [0, 0.1) is 0 Å². The highest BCUT2D eigenvalue weighted by atomic mass is 32.1. The smallest absolute Gasteiger partial charge is 0.279 e. The number of aromatic nitrogens is 1. The molecule has 0 aliphatic carbocycles. The van der Waals surface area contributed by atoms with E-state index in [1.165, 1.54) is 11.3 Å². The number of nitrogens with one attached hydrogen (secondary N) is 1. The minimum atomic E-state index is -0.128. The van der Waals surface area contributed by atoms with E-state index in [1.54, 1.807) is 11.1 Å². The van der Waals surface area contributed by atoms with Crippen molar-refractivity contribution >= 4 is 34.3 Å². The lowest BCUT2D eigenvalue weighted by atomic mass is 10.2. The zero-order valence-electron chi connectivity index (χ0n) is 13.9. The maximum Gasteiger partial charge on any atom is 0.279 e. The SMILES string of the molecule is O=C1/C(=C\c2ccccc2)N=C(c2ccccc2)N1CNc1nccs1. The summed E-state index contributed by atoms with van der Waals surface area (Å²) in [5.41, 5.74) is 2.27. The molecule has 4 rings (SSSR count). The Morgan fingerprint density at radius 1 is 1.04 bits per heavy atom. The van der Waals surface area contributed by atoms with E-state index in [9.17, 15) is 4.79 Å². The molecule has 2 aromatic carbocycles. The predicted molar refractivity (Wildman–Crippen MR) is 105 cm³/mol. The van der Waals surface area contributed by atoms with Gasteiger partial charge < -0.3 is 5.32 Å². The molecule has 128 valence electrons. The van der Waals surface area contributed by atoms with Crippen LogP contribution in [0.2, 0.25) is 0 Å². The maximum absolute atomic E-state index is 12.9. The van der Waals surface area contributed by atoms with Crippen LogP contribution in [-0.2, 0) is 4.79 Å². The average molecular weight is 360 g/mol. The van der Waals surface area contributed by atoms with Crippen molar-refractivity contribution in [1.29, 1.82) is 0 Å². The third-order valence-electron chi connectivity index (χ3n) is 3.90. The van der Waals surface area contributed by atoms with Gasteiger partial charge in [0.2, 0.25) is 0 Å². The van der Waals surface area contributed by atoms with Gasteiger partial charge in [0.1, 0.15) is 11.5 Å². The Morgan fingerprint density at radius 3 is 2.46 bits per heavy atom. The molecule has 26 heavy (non-hydrogen) atoms. The van der Waals surface area contributed by atoms with E-state index in [-0.39, 0.29) is 5.91 Å². The van der Waals surface area contributed by atoms with E-state index in [2.05, 4.69) is 15.3 Å². The number of anilines is 1. The van der Waals surface area contributed by atoms with Crippen LogP contribution in [0.15, 0.2) is 82.9 Å². The predicted octanol–water partition coefficient (Wildman–Crippen LogP) is 3.84. The van der Waals surface area contributed by atoms with E-state index in [0.717, 1.165) is 16.3 Å². The summed E-state index contributed by atoms with van der Waals surface area (Å²) in [4.78, 5) is 23.4. The van der Waals surface area contributed by atoms with E-state index in [4.69, 9.17) is 0 Å². The largest absolute Gasteiger partial charge is 0.344 e. The molecule has 0 spiro atoms. The van der Waals surface area contributed by atoms with Crippen LogP contribution in [0.1, 0.15) is 11.1 Å². The van der Waals surface area contributed by atoms with Crippen molar-refractivity contribution in [2.75, 3.05) is 12.0 Å². The van der Waals surface area contributed by atoms with Crippen molar-refractivity contribution < 1.29 is 4.79 Å². The lowest BCUT2D eigenvalue weighted by Crippen LogP contribution is -2.36. The first kappa shape index (κ1) is 16.2. The zero-order valence-corrected chi connectivity index (χ0v) is 14.7. The minimum Gasteiger partial charge on any atom is -0.344 e. The topological polar surface area (TPSA) is 57.6 Å². The molecular formula is C20H16N4OS. The number of rotatable bonds is 5. The number of carbonyl (C=O) groups excluding carboxylic acids is 1. The summed E-state index contributed by atoms with van der Waals surface area (Å²) in [7, 11) is 0. The van der Waals surface area contributed by atoms with Gasteiger partial charge >= 0.3 is 0 Å². The van der Waals surface area contributed by atoms with Crippen molar-refractivity contribution in [3.8, 4) is 0 Å². The first-order valence-electron chi connectivity index (χ1n) is 8.17. The van der Waals surface area contributed by atoms with Crippen molar-refractivity contribution in [3.05, 3.63) is 89.1 Å². The van der Waals surface area contributed by atoms with E-state index >= 15 is 0 Å². The standard InChI is InChI=1S/C20H16N4OS/c25-19-17(13-15-7-3-1-4-8-15)23-18(16-9-5-2-6-10-16)24(19)14-22-20-21-11-12-26-20/h1-13H,14H2,(H,21,22)/b17-13+. The molecule has 1 aliphatic heterocycles. The number of benzene rings is 2. The zero-order chi connectivity index (χ0) is 17.8. The Bertz CT molecular complexity index is 950. The number of nitrogens with zero attached hydrogens (tertiary/aromatic N) is 3.